The standard InChI is InChI=1S/C16H18FNO3/c1-10-7-12-13(18(2)15(10)20)8-11(9-14(12)19)16(17)3-5-21-6-4-16/h7-9,19H,3-6H2,1-2H3. The van der Waals surface area contributed by atoms with Gasteiger partial charge in [-0.05, 0) is 30.7 Å². The molecule has 0 spiro atoms. The van der Waals surface area contributed by atoms with Crippen molar-refractivity contribution in [3.63, 3.8) is 0 Å². The van der Waals surface area contributed by atoms with E-state index in [2.05, 4.69) is 0 Å². The lowest BCUT2D eigenvalue weighted by molar-refractivity contribution is -0.0115. The average Bonchev–Trinajstić information content (AvgIpc) is 2.46. The van der Waals surface area contributed by atoms with Crippen molar-refractivity contribution in [2.45, 2.75) is 25.4 Å². The van der Waals surface area contributed by atoms with Gasteiger partial charge in [0.05, 0.1) is 5.52 Å². The van der Waals surface area contributed by atoms with E-state index in [-0.39, 0.29) is 24.2 Å². The first kappa shape index (κ1) is 14.1. The summed E-state index contributed by atoms with van der Waals surface area (Å²) < 4.78 is 21.7. The molecule has 1 aromatic heterocycles. The summed E-state index contributed by atoms with van der Waals surface area (Å²) in [4.78, 5) is 12.0. The molecule has 1 fully saturated rings. The molecule has 1 N–H and O–H groups in total. The summed E-state index contributed by atoms with van der Waals surface area (Å²) in [6.07, 6.45) is 0.523. The van der Waals surface area contributed by atoms with Crippen molar-refractivity contribution in [2.24, 2.45) is 7.05 Å². The maximum atomic E-state index is 15.0. The highest BCUT2D eigenvalue weighted by Crippen LogP contribution is 2.39. The van der Waals surface area contributed by atoms with Gasteiger partial charge in [-0.25, -0.2) is 4.39 Å². The first-order valence-electron chi connectivity index (χ1n) is 7.03. The van der Waals surface area contributed by atoms with E-state index in [1.54, 1.807) is 26.1 Å². The van der Waals surface area contributed by atoms with Crippen LogP contribution in [0.3, 0.4) is 0 Å². The van der Waals surface area contributed by atoms with Crippen LogP contribution in [0, 0.1) is 6.92 Å². The van der Waals surface area contributed by atoms with E-state index < -0.39 is 5.67 Å². The van der Waals surface area contributed by atoms with Gasteiger partial charge in [-0.1, -0.05) is 0 Å². The van der Waals surface area contributed by atoms with Crippen molar-refractivity contribution < 1.29 is 14.2 Å². The Labute approximate surface area is 121 Å². The minimum absolute atomic E-state index is 0.00437. The van der Waals surface area contributed by atoms with Crippen LogP contribution in [-0.4, -0.2) is 22.9 Å². The zero-order chi connectivity index (χ0) is 15.2. The molecular formula is C16H18FNO3. The number of benzene rings is 1. The Hall–Kier alpha value is -1.88. The van der Waals surface area contributed by atoms with Gasteiger partial charge in [0.2, 0.25) is 0 Å². The maximum Gasteiger partial charge on any atom is 0.253 e. The van der Waals surface area contributed by atoms with Gasteiger partial charge in [-0.15, -0.1) is 0 Å². The van der Waals surface area contributed by atoms with Crippen molar-refractivity contribution in [1.82, 2.24) is 4.57 Å². The fourth-order valence-electron chi connectivity index (χ4n) is 2.94. The van der Waals surface area contributed by atoms with Crippen LogP contribution in [0.15, 0.2) is 23.0 Å². The van der Waals surface area contributed by atoms with E-state index in [0.29, 0.717) is 35.2 Å². The van der Waals surface area contributed by atoms with Crippen molar-refractivity contribution in [3.05, 3.63) is 39.7 Å². The molecule has 3 rings (SSSR count). The number of phenolic OH excluding ortho intramolecular Hbond substituents is 1. The molecule has 1 saturated heterocycles. The quantitative estimate of drug-likeness (QED) is 0.878. The Morgan fingerprint density at radius 3 is 2.62 bits per heavy atom. The van der Waals surface area contributed by atoms with Crippen LogP contribution in [0.1, 0.15) is 24.0 Å². The summed E-state index contributed by atoms with van der Waals surface area (Å²) in [5.41, 5.74) is -0.142. The molecule has 112 valence electrons. The van der Waals surface area contributed by atoms with Crippen LogP contribution >= 0.6 is 0 Å². The zero-order valence-corrected chi connectivity index (χ0v) is 12.1. The smallest absolute Gasteiger partial charge is 0.253 e. The Bertz CT molecular complexity index is 760. The molecule has 21 heavy (non-hydrogen) atoms. The molecular weight excluding hydrogens is 273 g/mol. The van der Waals surface area contributed by atoms with Crippen molar-refractivity contribution >= 4 is 10.9 Å². The average molecular weight is 291 g/mol. The van der Waals surface area contributed by atoms with Gasteiger partial charge < -0.3 is 14.4 Å². The lowest BCUT2D eigenvalue weighted by atomic mass is 9.87. The minimum Gasteiger partial charge on any atom is -0.507 e. The lowest BCUT2D eigenvalue weighted by Crippen LogP contribution is -2.29. The number of hydrogen-bond acceptors (Lipinski definition) is 3. The molecule has 2 heterocycles. The lowest BCUT2D eigenvalue weighted by Gasteiger charge is -2.30. The fourth-order valence-corrected chi connectivity index (χ4v) is 2.94. The Kier molecular flexibility index (Phi) is 3.24. The molecule has 0 saturated carbocycles. The second-order valence-electron chi connectivity index (χ2n) is 5.70. The highest BCUT2D eigenvalue weighted by atomic mass is 19.1. The molecule has 0 atom stereocenters. The largest absolute Gasteiger partial charge is 0.507 e. The summed E-state index contributed by atoms with van der Waals surface area (Å²) in [5.74, 6) is 0.00437. The normalized spacial score (nSPS) is 18.0. The van der Waals surface area contributed by atoms with Gasteiger partial charge >= 0.3 is 0 Å². The van der Waals surface area contributed by atoms with Gasteiger partial charge in [-0.2, -0.15) is 0 Å². The number of phenols is 1. The molecule has 1 aliphatic heterocycles. The van der Waals surface area contributed by atoms with Crippen molar-refractivity contribution in [2.75, 3.05) is 13.2 Å². The highest BCUT2D eigenvalue weighted by Gasteiger charge is 2.35. The van der Waals surface area contributed by atoms with E-state index in [0.717, 1.165) is 0 Å². The van der Waals surface area contributed by atoms with Gasteiger partial charge in [0, 0.05) is 44.1 Å². The Morgan fingerprint density at radius 2 is 1.95 bits per heavy atom. The predicted molar refractivity (Wildman–Crippen MR) is 78.4 cm³/mol. The van der Waals surface area contributed by atoms with Crippen LogP contribution < -0.4 is 5.56 Å². The Morgan fingerprint density at radius 1 is 1.29 bits per heavy atom. The monoisotopic (exact) mass is 291 g/mol. The third kappa shape index (κ3) is 2.21. The molecule has 1 aromatic carbocycles. The number of alkyl halides is 1. The van der Waals surface area contributed by atoms with Gasteiger partial charge in [0.15, 0.2) is 0 Å². The van der Waals surface area contributed by atoms with E-state index >= 15 is 4.39 Å². The molecule has 2 aromatic rings. The van der Waals surface area contributed by atoms with E-state index in [9.17, 15) is 9.90 Å². The molecule has 4 nitrogen and oxygen atoms in total. The summed E-state index contributed by atoms with van der Waals surface area (Å²) in [7, 11) is 1.63. The van der Waals surface area contributed by atoms with Gasteiger partial charge in [0.25, 0.3) is 5.56 Å². The zero-order valence-electron chi connectivity index (χ0n) is 12.1. The first-order valence-corrected chi connectivity index (χ1v) is 7.03. The number of rotatable bonds is 1. The fraction of sp³-hybridized carbons (Fsp3) is 0.438. The minimum atomic E-state index is -1.51. The third-order valence-corrected chi connectivity index (χ3v) is 4.30. The van der Waals surface area contributed by atoms with Crippen LogP contribution in [0.2, 0.25) is 0 Å². The SMILES string of the molecule is Cc1cc2c(O)cc(C3(F)CCOCC3)cc2n(C)c1=O. The molecule has 5 heteroatoms. The molecule has 0 aliphatic carbocycles. The maximum absolute atomic E-state index is 15.0. The number of aromatic nitrogens is 1. The molecule has 1 aliphatic rings. The highest BCUT2D eigenvalue weighted by molar-refractivity contribution is 5.86. The van der Waals surface area contributed by atoms with Crippen LogP contribution in [-0.2, 0) is 17.5 Å². The number of aromatic hydroxyl groups is 1. The van der Waals surface area contributed by atoms with Crippen molar-refractivity contribution in [1.29, 1.82) is 0 Å². The summed E-state index contributed by atoms with van der Waals surface area (Å²) >= 11 is 0. The second kappa shape index (κ2) is 4.84. The number of aryl methyl sites for hydroxylation is 2. The first-order chi connectivity index (χ1) is 9.92. The summed E-state index contributed by atoms with van der Waals surface area (Å²) in [5, 5.41) is 10.8. The second-order valence-corrected chi connectivity index (χ2v) is 5.70. The molecule has 0 amide bonds. The van der Waals surface area contributed by atoms with Crippen LogP contribution in [0.25, 0.3) is 10.9 Å². The molecule has 0 radical (unpaired) electrons. The predicted octanol–water partition coefficient (Wildman–Crippen LogP) is 2.53. The Balaban J connectivity index is 2.25. The van der Waals surface area contributed by atoms with E-state index in [1.165, 1.54) is 10.6 Å². The summed E-state index contributed by atoms with van der Waals surface area (Å²) in [6.45, 7) is 2.43. The molecule has 0 unspecified atom stereocenters. The number of hydrogen-bond donors (Lipinski definition) is 1. The topological polar surface area (TPSA) is 51.5 Å². The third-order valence-electron chi connectivity index (χ3n) is 4.30. The van der Waals surface area contributed by atoms with Crippen molar-refractivity contribution in [3.8, 4) is 5.75 Å². The van der Waals surface area contributed by atoms with E-state index in [4.69, 9.17) is 4.74 Å². The van der Waals surface area contributed by atoms with Crippen LogP contribution in [0.4, 0.5) is 4.39 Å². The van der Waals surface area contributed by atoms with Crippen LogP contribution in [0.5, 0.6) is 5.75 Å². The van der Waals surface area contributed by atoms with Gasteiger partial charge in [0.1, 0.15) is 11.4 Å². The number of pyridine rings is 1. The molecule has 0 bridgehead atoms. The van der Waals surface area contributed by atoms with E-state index in [1.807, 2.05) is 0 Å². The number of nitrogens with zero attached hydrogens (tertiary/aromatic N) is 1. The number of halogens is 1. The number of ether oxygens (including phenoxy) is 1. The van der Waals surface area contributed by atoms with Gasteiger partial charge in [-0.3, -0.25) is 4.79 Å². The number of fused-ring (bicyclic) bond motifs is 1. The summed E-state index contributed by atoms with van der Waals surface area (Å²) in [6, 6.07) is 4.78.